The first-order chi connectivity index (χ1) is 5.52. The van der Waals surface area contributed by atoms with Gasteiger partial charge in [-0.1, -0.05) is 0 Å². The van der Waals surface area contributed by atoms with E-state index in [1.807, 2.05) is 28.7 Å². The Balaban J connectivity index is 0.00000144. The number of hydrogen-bond donors (Lipinski definition) is 0. The first-order valence-electron chi connectivity index (χ1n) is 2.88. The van der Waals surface area contributed by atoms with Crippen molar-refractivity contribution in [3.63, 3.8) is 0 Å². The molecule has 0 N–H and O–H groups in total. The Morgan fingerprint density at radius 3 is 2.23 bits per heavy atom. The van der Waals surface area contributed by atoms with Crippen LogP contribution < -0.4 is 56.5 Å². The number of carboxylic acids is 1. The summed E-state index contributed by atoms with van der Waals surface area (Å²) in [6.07, 6.45) is 0. The van der Waals surface area contributed by atoms with Gasteiger partial charge in [-0.15, -0.1) is 0 Å². The summed E-state index contributed by atoms with van der Waals surface area (Å²) < 4.78 is 2.60. The van der Waals surface area contributed by atoms with E-state index in [2.05, 4.69) is 45.2 Å². The zero-order chi connectivity index (χ0) is 9.30. The average Bonchev–Trinajstić information content (AvgIpc) is 1.96. The summed E-state index contributed by atoms with van der Waals surface area (Å²) in [6, 6.07) is 3.54. The molecule has 13 heavy (non-hydrogen) atoms. The van der Waals surface area contributed by atoms with Gasteiger partial charge in [0.05, 0.1) is 5.97 Å². The maximum Gasteiger partial charge on any atom is 1.00 e. The van der Waals surface area contributed by atoms with Crippen LogP contribution in [0.1, 0.15) is 10.4 Å². The molecule has 0 unspecified atom stereocenters. The van der Waals surface area contributed by atoms with Gasteiger partial charge in [0.1, 0.15) is 0 Å². The SMILES string of the molecule is O=C([O-])c1cc(I)cc(I)c1I.[K+]. The van der Waals surface area contributed by atoms with Gasteiger partial charge in [-0.3, -0.25) is 0 Å². The first kappa shape index (κ1) is 15.5. The second-order valence-corrected chi connectivity index (χ2v) is 5.52. The number of carboxylic acid groups (broad SMARTS) is 1. The standard InChI is InChI=1S/C7H3I3O2.K/c8-3-1-4(7(11)12)6(10)5(9)2-3;/h1-2H,(H,11,12);/q;+1/p-1. The minimum absolute atomic E-state index is 0. The smallest absolute Gasteiger partial charge is 0.545 e. The molecule has 2 nitrogen and oxygen atoms in total. The van der Waals surface area contributed by atoms with Crippen LogP contribution in [-0.2, 0) is 0 Å². The number of hydrogen-bond acceptors (Lipinski definition) is 2. The fourth-order valence-electron chi connectivity index (χ4n) is 0.705. The number of carbonyl (C=O) groups excluding carboxylic acids is 1. The molecular formula is C7H2I3KO2. The van der Waals surface area contributed by atoms with Crippen molar-refractivity contribution in [1.29, 1.82) is 0 Å². The van der Waals surface area contributed by atoms with Gasteiger partial charge in [-0.25, -0.2) is 0 Å². The molecule has 0 aliphatic heterocycles. The van der Waals surface area contributed by atoms with Crippen LogP contribution in [0.3, 0.4) is 0 Å². The van der Waals surface area contributed by atoms with Crippen LogP contribution in [-0.4, -0.2) is 5.97 Å². The van der Waals surface area contributed by atoms with E-state index < -0.39 is 5.97 Å². The van der Waals surface area contributed by atoms with Crippen molar-refractivity contribution >= 4 is 73.7 Å². The molecule has 1 aromatic carbocycles. The summed E-state index contributed by atoms with van der Waals surface area (Å²) in [5.41, 5.74) is 0.270. The van der Waals surface area contributed by atoms with Crippen molar-refractivity contribution in [1.82, 2.24) is 0 Å². The quantitative estimate of drug-likeness (QED) is 0.258. The Morgan fingerprint density at radius 2 is 1.77 bits per heavy atom. The van der Waals surface area contributed by atoms with E-state index in [1.54, 1.807) is 6.07 Å². The van der Waals surface area contributed by atoms with E-state index in [9.17, 15) is 9.90 Å². The van der Waals surface area contributed by atoms with E-state index in [1.165, 1.54) is 0 Å². The molecule has 0 bridgehead atoms. The Hall–Kier alpha value is 2.52. The van der Waals surface area contributed by atoms with E-state index in [4.69, 9.17) is 0 Å². The summed E-state index contributed by atoms with van der Waals surface area (Å²) in [7, 11) is 0. The van der Waals surface area contributed by atoms with Crippen LogP contribution in [0, 0.1) is 10.7 Å². The maximum absolute atomic E-state index is 10.6. The number of halogens is 3. The molecule has 64 valence electrons. The van der Waals surface area contributed by atoms with Crippen LogP contribution in [0.4, 0.5) is 0 Å². The fraction of sp³-hybridized carbons (Fsp3) is 0. The number of rotatable bonds is 1. The van der Waals surface area contributed by atoms with Crippen LogP contribution >= 0.6 is 67.8 Å². The van der Waals surface area contributed by atoms with Crippen molar-refractivity contribution in [3.05, 3.63) is 28.4 Å². The number of carbonyl (C=O) groups is 1. The first-order valence-corrected chi connectivity index (χ1v) is 6.12. The summed E-state index contributed by atoms with van der Waals surface area (Å²) in [5, 5.41) is 10.6. The minimum Gasteiger partial charge on any atom is -0.545 e. The molecule has 0 amide bonds. The van der Waals surface area contributed by atoms with E-state index >= 15 is 0 Å². The van der Waals surface area contributed by atoms with Crippen molar-refractivity contribution in [3.8, 4) is 0 Å². The van der Waals surface area contributed by atoms with Crippen LogP contribution in [0.25, 0.3) is 0 Å². The van der Waals surface area contributed by atoms with Gasteiger partial charge in [0, 0.05) is 16.3 Å². The van der Waals surface area contributed by atoms with E-state index in [0.29, 0.717) is 0 Å². The van der Waals surface area contributed by atoms with Crippen molar-refractivity contribution in [2.24, 2.45) is 0 Å². The Labute approximate surface area is 159 Å². The van der Waals surface area contributed by atoms with Gasteiger partial charge in [-0.05, 0) is 79.9 Å². The fourth-order valence-corrected chi connectivity index (χ4v) is 3.08. The largest absolute Gasteiger partial charge is 1.00 e. The zero-order valence-corrected chi connectivity index (χ0v) is 16.2. The van der Waals surface area contributed by atoms with Gasteiger partial charge in [0.2, 0.25) is 0 Å². The number of aromatic carboxylic acids is 1. The maximum atomic E-state index is 10.6. The molecule has 1 rings (SSSR count). The molecule has 0 heterocycles. The monoisotopic (exact) mass is 538 g/mol. The molecule has 0 aliphatic rings. The van der Waals surface area contributed by atoms with Crippen molar-refractivity contribution in [2.45, 2.75) is 0 Å². The summed E-state index contributed by atoms with van der Waals surface area (Å²) in [5.74, 6) is -1.11. The second kappa shape index (κ2) is 6.96. The molecule has 0 aliphatic carbocycles. The Kier molecular flexibility index (Phi) is 8.31. The van der Waals surface area contributed by atoms with Gasteiger partial charge < -0.3 is 9.90 Å². The third-order valence-corrected chi connectivity index (χ3v) is 4.88. The topological polar surface area (TPSA) is 40.1 Å². The molecule has 0 fully saturated rings. The van der Waals surface area contributed by atoms with E-state index in [0.717, 1.165) is 10.7 Å². The van der Waals surface area contributed by atoms with E-state index in [-0.39, 0.29) is 56.9 Å². The summed E-state index contributed by atoms with van der Waals surface area (Å²) in [4.78, 5) is 10.6. The van der Waals surface area contributed by atoms with Crippen LogP contribution in [0.5, 0.6) is 0 Å². The molecule has 0 saturated heterocycles. The molecule has 0 atom stereocenters. The van der Waals surface area contributed by atoms with Crippen molar-refractivity contribution in [2.75, 3.05) is 0 Å². The van der Waals surface area contributed by atoms with Crippen LogP contribution in [0.15, 0.2) is 12.1 Å². The molecule has 1 aromatic rings. The molecular weight excluding hydrogens is 536 g/mol. The predicted octanol–water partition coefficient (Wildman–Crippen LogP) is -1.13. The van der Waals surface area contributed by atoms with Gasteiger partial charge >= 0.3 is 51.4 Å². The normalized spacial score (nSPS) is 9.15. The number of benzene rings is 1. The molecule has 0 aromatic heterocycles. The Morgan fingerprint density at radius 1 is 1.23 bits per heavy atom. The Bertz CT molecular complexity index is 341. The summed E-state index contributed by atoms with van der Waals surface area (Å²) in [6.45, 7) is 0. The third-order valence-electron chi connectivity index (χ3n) is 1.21. The van der Waals surface area contributed by atoms with Gasteiger partial charge in [-0.2, -0.15) is 0 Å². The third kappa shape index (κ3) is 4.49. The predicted molar refractivity (Wildman–Crippen MR) is 68.9 cm³/mol. The molecule has 0 spiro atoms. The molecule has 0 radical (unpaired) electrons. The second-order valence-electron chi connectivity index (χ2n) is 2.04. The minimum atomic E-state index is -1.11. The summed E-state index contributed by atoms with van der Waals surface area (Å²) >= 11 is 6.19. The van der Waals surface area contributed by atoms with Gasteiger partial charge in [0.15, 0.2) is 0 Å². The molecule has 0 saturated carbocycles. The molecule has 6 heteroatoms. The zero-order valence-electron chi connectivity index (χ0n) is 6.61. The van der Waals surface area contributed by atoms with Crippen molar-refractivity contribution < 1.29 is 61.3 Å². The van der Waals surface area contributed by atoms with Gasteiger partial charge in [0.25, 0.3) is 0 Å². The van der Waals surface area contributed by atoms with Crippen LogP contribution in [0.2, 0.25) is 0 Å². The average molecular weight is 538 g/mol.